The zero-order valence-electron chi connectivity index (χ0n) is 53.1. The van der Waals surface area contributed by atoms with Crippen LogP contribution < -0.4 is 31.9 Å². The van der Waals surface area contributed by atoms with Gasteiger partial charge in [0.2, 0.25) is 29.5 Å². The lowest BCUT2D eigenvalue weighted by Gasteiger charge is -2.27. The lowest BCUT2D eigenvalue weighted by molar-refractivity contribution is -0.135. The normalized spacial score (nSPS) is 12.9. The highest BCUT2D eigenvalue weighted by Crippen LogP contribution is 2.27. The van der Waals surface area contributed by atoms with Gasteiger partial charge in [-0.15, -0.1) is 9.18 Å². The fraction of sp³-hybridized carbons (Fsp3) is 0.547. The number of urea groups is 1. The number of fused-ring (bicyclic) bond motifs is 2. The number of carbonyl (C=O) groups excluding carboxylic acids is 9. The summed E-state index contributed by atoms with van der Waals surface area (Å²) in [6, 6.07) is 18.1. The fourth-order valence-electron chi connectivity index (χ4n) is 8.75. The molecule has 3 aromatic carbocycles. The quantitative estimate of drug-likeness (QED) is 0.0307. The standard InChI is InChI=1S/C64H90N7O18P/c1-46(2)52(62(78)69-53(13-9-24-66-63(65)79)56(72)40-47-15-17-48(18-16-47)44-89-64(80)70(3)61(77)45-90)41-57(73)54(68-59(75)21-22-60(76)71-43-51-12-6-5-10-49(51)19-20-50-11-7-8-14-55(50)71)42-67-58(74)23-25-82-28-29-84-32-33-86-36-37-88-39-38-87-35-34-85-31-30-83-27-26-81-4/h5-8,10-12,14-18,46,52-54H,9,13,21-45,90H2,1-4H3,(H,67,74)(H,68,75)(H,69,78)(H3,65,66,79)/t52-,53-,54-/m0/s1/i90D/t52-,53-,54-,90?. The van der Waals surface area contributed by atoms with Gasteiger partial charge in [-0.1, -0.05) is 80.3 Å². The second-order valence-electron chi connectivity index (χ2n) is 21.0. The van der Waals surface area contributed by atoms with Gasteiger partial charge in [-0.3, -0.25) is 38.5 Å². The van der Waals surface area contributed by atoms with Crippen LogP contribution in [0.1, 0.15) is 80.2 Å². The second kappa shape index (κ2) is 44.3. The van der Waals surface area contributed by atoms with E-state index in [2.05, 4.69) is 33.1 Å². The SMILES string of the molecule is [2H]PCC(=O)N(C)C(=O)OCc1ccc(CC(=O)[C@H](CCCNC(N)=O)NC(=O)[C@@H](CC(=O)[C@H](CNC(=O)CCOCCOCCOCCOCCOCCOCCOCCOC)NC(=O)CCC(=O)N2Cc3ccccc3C#Cc3ccccc32)C(C)C)cc1. The van der Waals surface area contributed by atoms with Gasteiger partial charge in [0.1, 0.15) is 12.6 Å². The molecular formula is C64H90N7O18P. The summed E-state index contributed by atoms with van der Waals surface area (Å²) < 4.78 is 55.9. The second-order valence-corrected chi connectivity index (χ2v) is 21.4. The minimum Gasteiger partial charge on any atom is -0.444 e. The number of imide groups is 1. The topological polar surface area (TPSA) is 317 Å². The number of carbonyl (C=O) groups is 9. The maximum absolute atomic E-state index is 14.5. The average Bonchev–Trinajstić information content (AvgIpc) is 0.984. The number of nitrogens with zero attached hydrogens (tertiary/aromatic N) is 2. The van der Waals surface area contributed by atoms with E-state index in [1.807, 2.05) is 36.4 Å². The number of para-hydroxylation sites is 1. The Kier molecular flexibility index (Phi) is 36.1. The summed E-state index contributed by atoms with van der Waals surface area (Å²) >= 11 is 0. The largest absolute Gasteiger partial charge is 0.444 e. The molecule has 90 heavy (non-hydrogen) atoms. The summed E-state index contributed by atoms with van der Waals surface area (Å²) in [6.07, 6.45) is -1.88. The molecule has 1 heterocycles. The molecule has 0 fully saturated rings. The molecule has 1 aliphatic heterocycles. The molecule has 0 radical (unpaired) electrons. The molecule has 1 unspecified atom stereocenters. The van der Waals surface area contributed by atoms with Crippen molar-refractivity contribution in [1.29, 1.82) is 1.28 Å². The van der Waals surface area contributed by atoms with Crippen molar-refractivity contribution in [2.24, 2.45) is 17.6 Å². The minimum atomic E-state index is -1.35. The molecule has 25 nitrogen and oxygen atoms in total. The number of ether oxygens (including phenoxy) is 9. The highest BCUT2D eigenvalue weighted by atomic mass is 31.0. The first-order chi connectivity index (χ1) is 44.0. The fourth-order valence-corrected chi connectivity index (χ4v) is 8.99. The Morgan fingerprint density at radius 2 is 1.20 bits per heavy atom. The summed E-state index contributed by atoms with van der Waals surface area (Å²) in [5.41, 5.74) is 9.20. The van der Waals surface area contributed by atoms with E-state index in [-0.39, 0.29) is 102 Å². The number of hydrogen-bond acceptors (Lipinski definition) is 18. The highest BCUT2D eigenvalue weighted by molar-refractivity contribution is 7.18. The molecule has 4 rings (SSSR count). The van der Waals surface area contributed by atoms with E-state index in [4.69, 9.17) is 49.6 Å². The van der Waals surface area contributed by atoms with Crippen LogP contribution in [0.4, 0.5) is 15.3 Å². The first-order valence-electron chi connectivity index (χ1n) is 30.6. The Morgan fingerprint density at radius 1 is 0.644 bits per heavy atom. The number of anilines is 1. The molecule has 0 aromatic heterocycles. The Morgan fingerprint density at radius 3 is 1.79 bits per heavy atom. The summed E-state index contributed by atoms with van der Waals surface area (Å²) in [5.74, 6) is 1.16. The molecule has 0 saturated heterocycles. The Labute approximate surface area is 530 Å². The van der Waals surface area contributed by atoms with Crippen molar-refractivity contribution in [2.45, 2.75) is 84.0 Å². The first kappa shape index (κ1) is 73.5. The van der Waals surface area contributed by atoms with Gasteiger partial charge in [-0.25, -0.2) is 9.59 Å². The molecule has 4 atom stereocenters. The lowest BCUT2D eigenvalue weighted by Crippen LogP contribution is -2.51. The number of primary amides is 1. The number of amides is 8. The Hall–Kier alpha value is -7.24. The summed E-state index contributed by atoms with van der Waals surface area (Å²) in [6.45, 7) is 8.88. The van der Waals surface area contributed by atoms with Crippen LogP contribution in [0.3, 0.4) is 0 Å². The zero-order chi connectivity index (χ0) is 66.0. The van der Waals surface area contributed by atoms with Crippen LogP contribution in [0.25, 0.3) is 0 Å². The number of Topliss-reactive ketones (excluding diaryl/α,β-unsaturated/α-hetero) is 2. The molecular weight excluding hydrogens is 1190 g/mol. The number of ketones is 2. The average molecular weight is 1280 g/mol. The third-order valence-corrected chi connectivity index (χ3v) is 14.2. The van der Waals surface area contributed by atoms with E-state index in [0.29, 0.717) is 102 Å². The monoisotopic (exact) mass is 1280 g/mol. The summed E-state index contributed by atoms with van der Waals surface area (Å²) in [7, 11) is 2.47. The van der Waals surface area contributed by atoms with Crippen LogP contribution in [0.2, 0.25) is 0 Å². The minimum absolute atomic E-state index is 0.0142. The molecule has 3 aromatic rings. The molecule has 8 amide bonds. The van der Waals surface area contributed by atoms with Crippen molar-refractivity contribution in [3.63, 3.8) is 0 Å². The molecule has 0 spiro atoms. The van der Waals surface area contributed by atoms with Gasteiger partial charge in [-0.2, -0.15) is 0 Å². The third-order valence-electron chi connectivity index (χ3n) is 13.9. The molecule has 0 aliphatic carbocycles. The van der Waals surface area contributed by atoms with Gasteiger partial charge >= 0.3 is 12.1 Å². The van der Waals surface area contributed by atoms with Gasteiger partial charge in [0, 0.05) is 82.6 Å². The molecule has 0 bridgehead atoms. The lowest BCUT2D eigenvalue weighted by atomic mass is 9.87. The van der Waals surface area contributed by atoms with Crippen molar-refractivity contribution in [3.05, 3.63) is 101 Å². The van der Waals surface area contributed by atoms with Crippen LogP contribution in [0.5, 0.6) is 0 Å². The number of hydrogen-bond donors (Lipinski definition) is 5. The highest BCUT2D eigenvalue weighted by Gasteiger charge is 2.33. The van der Waals surface area contributed by atoms with Crippen LogP contribution >= 0.6 is 9.18 Å². The van der Waals surface area contributed by atoms with Crippen LogP contribution in [0, 0.1) is 23.7 Å². The van der Waals surface area contributed by atoms with E-state index in [9.17, 15) is 43.2 Å². The van der Waals surface area contributed by atoms with Crippen LogP contribution in [-0.4, -0.2) is 204 Å². The first-order valence-corrected chi connectivity index (χ1v) is 30.8. The van der Waals surface area contributed by atoms with Gasteiger partial charge in [0.05, 0.1) is 119 Å². The number of rotatable bonds is 47. The molecule has 0 saturated carbocycles. The smallest absolute Gasteiger partial charge is 0.416 e. The maximum Gasteiger partial charge on any atom is 0.416 e. The van der Waals surface area contributed by atoms with Crippen LogP contribution in [0.15, 0.2) is 72.8 Å². The number of nitrogens with one attached hydrogen (secondary N) is 4. The number of benzene rings is 3. The van der Waals surface area contributed by atoms with Crippen molar-refractivity contribution >= 4 is 68.1 Å². The van der Waals surface area contributed by atoms with E-state index in [0.717, 1.165) is 16.0 Å². The number of nitrogens with two attached hydrogens (primary N) is 1. The van der Waals surface area contributed by atoms with Gasteiger partial charge in [-0.05, 0) is 53.6 Å². The van der Waals surface area contributed by atoms with E-state index >= 15 is 0 Å². The van der Waals surface area contributed by atoms with E-state index in [1.54, 1.807) is 62.3 Å². The predicted octanol–water partition coefficient (Wildman–Crippen LogP) is 3.41. The molecule has 494 valence electrons. The maximum atomic E-state index is 14.5. The van der Waals surface area contributed by atoms with Crippen molar-refractivity contribution in [2.75, 3.05) is 137 Å². The van der Waals surface area contributed by atoms with Crippen molar-refractivity contribution in [1.82, 2.24) is 26.2 Å². The van der Waals surface area contributed by atoms with Crippen LogP contribution in [-0.2, 0) is 95.8 Å². The summed E-state index contributed by atoms with van der Waals surface area (Å²) in [5, 5.41) is 10.7. The predicted molar refractivity (Wildman–Crippen MR) is 336 cm³/mol. The Balaban J connectivity index is 1.33. The van der Waals surface area contributed by atoms with Crippen molar-refractivity contribution in [3.8, 4) is 11.8 Å². The molecule has 26 heteroatoms. The molecule has 1 aliphatic rings. The third kappa shape index (κ3) is 30.0. The Bertz CT molecular complexity index is 2820. The number of methoxy groups -OCH3 is 1. The molecule has 6 N–H and O–H groups in total. The van der Waals surface area contributed by atoms with Crippen molar-refractivity contribution < 1.29 is 85.8 Å². The van der Waals surface area contributed by atoms with E-state index in [1.165, 1.54) is 7.05 Å². The summed E-state index contributed by atoms with van der Waals surface area (Å²) in [4.78, 5) is 122. The van der Waals surface area contributed by atoms with Gasteiger partial charge in [0.25, 0.3) is 0 Å². The zero-order valence-corrected chi connectivity index (χ0v) is 53.1. The van der Waals surface area contributed by atoms with Gasteiger partial charge < -0.3 is 74.5 Å². The van der Waals surface area contributed by atoms with Gasteiger partial charge in [0.15, 0.2) is 11.6 Å². The van der Waals surface area contributed by atoms with E-state index < -0.39 is 81.1 Å².